The normalized spacial score (nSPS) is 11.5. The van der Waals surface area contributed by atoms with E-state index in [1.54, 1.807) is 0 Å². The number of ether oxygens (including phenoxy) is 1. The molecule has 1 heterocycles. The van der Waals surface area contributed by atoms with Gasteiger partial charge in [-0.1, -0.05) is 6.92 Å². The molecule has 0 saturated carbocycles. The van der Waals surface area contributed by atoms with Gasteiger partial charge in [-0.2, -0.15) is 9.67 Å². The average Bonchev–Trinajstić information content (AvgIpc) is 2.76. The number of halogens is 4. The Morgan fingerprint density at radius 3 is 2.52 bits per heavy atom. The minimum Gasteiger partial charge on any atom is -0.406 e. The predicted octanol–water partition coefficient (Wildman–Crippen LogP) is 3.75. The molecule has 9 heteroatoms. The third-order valence-electron chi connectivity index (χ3n) is 2.43. The Balaban J connectivity index is 2.22. The smallest absolute Gasteiger partial charge is 0.406 e. The molecule has 1 aromatic heterocycles. The summed E-state index contributed by atoms with van der Waals surface area (Å²) in [7, 11) is 0. The zero-order valence-electron chi connectivity index (χ0n) is 11.0. The van der Waals surface area contributed by atoms with Gasteiger partial charge in [-0.15, -0.1) is 18.3 Å². The van der Waals surface area contributed by atoms with Crippen LogP contribution in [0.3, 0.4) is 0 Å². The molecule has 5 nitrogen and oxygen atoms in total. The minimum atomic E-state index is -4.70. The number of nitrogens with one attached hydrogen (secondary N) is 1. The fourth-order valence-corrected chi connectivity index (χ4v) is 1.93. The molecule has 0 unspecified atom stereocenters. The standard InChI is InChI=1S/C12H12BrF3N4O/c1-2-7-17-11-18-10(13)19-20(11)8-3-5-9(6-4-8)21-12(14,15)16/h3-6H,2,7H2,1H3,(H,17,18,19). The molecule has 21 heavy (non-hydrogen) atoms. The third kappa shape index (κ3) is 4.35. The van der Waals surface area contributed by atoms with Crippen molar-refractivity contribution in [3.8, 4) is 11.4 Å². The fraction of sp³-hybridized carbons (Fsp3) is 0.333. The highest BCUT2D eigenvalue weighted by Crippen LogP contribution is 2.24. The largest absolute Gasteiger partial charge is 0.573 e. The summed E-state index contributed by atoms with van der Waals surface area (Å²) in [5.41, 5.74) is 0.571. The van der Waals surface area contributed by atoms with Gasteiger partial charge in [-0.3, -0.25) is 0 Å². The highest BCUT2D eigenvalue weighted by atomic mass is 79.9. The Morgan fingerprint density at radius 2 is 1.95 bits per heavy atom. The summed E-state index contributed by atoms with van der Waals surface area (Å²) in [5, 5.41) is 7.22. The first-order valence-electron chi connectivity index (χ1n) is 6.11. The first-order chi connectivity index (χ1) is 9.89. The Kier molecular flexibility index (Phi) is 4.71. The summed E-state index contributed by atoms with van der Waals surface area (Å²) >= 11 is 3.17. The number of rotatable bonds is 5. The van der Waals surface area contributed by atoms with Crippen molar-refractivity contribution >= 4 is 21.9 Å². The van der Waals surface area contributed by atoms with Gasteiger partial charge in [0.25, 0.3) is 0 Å². The fourth-order valence-electron chi connectivity index (χ4n) is 1.61. The van der Waals surface area contributed by atoms with Gasteiger partial charge < -0.3 is 10.1 Å². The van der Waals surface area contributed by atoms with Gasteiger partial charge in [-0.05, 0) is 46.6 Å². The van der Waals surface area contributed by atoms with E-state index in [1.165, 1.54) is 28.9 Å². The van der Waals surface area contributed by atoms with Crippen LogP contribution < -0.4 is 10.1 Å². The molecule has 1 aromatic carbocycles. The maximum Gasteiger partial charge on any atom is 0.573 e. The molecule has 0 spiro atoms. The van der Waals surface area contributed by atoms with Crippen molar-refractivity contribution in [3.05, 3.63) is 29.0 Å². The van der Waals surface area contributed by atoms with Gasteiger partial charge in [0.15, 0.2) is 0 Å². The van der Waals surface area contributed by atoms with E-state index >= 15 is 0 Å². The SMILES string of the molecule is CCCNc1nc(Br)nn1-c1ccc(OC(F)(F)F)cc1. The van der Waals surface area contributed by atoms with Crippen LogP contribution in [0.25, 0.3) is 5.69 Å². The Labute approximate surface area is 127 Å². The monoisotopic (exact) mass is 364 g/mol. The highest BCUT2D eigenvalue weighted by Gasteiger charge is 2.31. The van der Waals surface area contributed by atoms with E-state index in [0.29, 0.717) is 22.9 Å². The zero-order chi connectivity index (χ0) is 15.5. The van der Waals surface area contributed by atoms with Gasteiger partial charge in [0.05, 0.1) is 5.69 Å². The summed E-state index contributed by atoms with van der Waals surface area (Å²) in [6.07, 6.45) is -3.80. The van der Waals surface area contributed by atoms with Crippen molar-refractivity contribution in [3.63, 3.8) is 0 Å². The Hall–Kier alpha value is -1.77. The lowest BCUT2D eigenvalue weighted by molar-refractivity contribution is -0.274. The van der Waals surface area contributed by atoms with Crippen LogP contribution in [-0.2, 0) is 0 Å². The van der Waals surface area contributed by atoms with Crippen molar-refractivity contribution in [2.75, 3.05) is 11.9 Å². The van der Waals surface area contributed by atoms with Gasteiger partial charge >= 0.3 is 6.36 Å². The van der Waals surface area contributed by atoms with Crippen LogP contribution in [0.15, 0.2) is 29.0 Å². The molecule has 0 atom stereocenters. The van der Waals surface area contributed by atoms with Crippen LogP contribution in [0, 0.1) is 0 Å². The molecule has 114 valence electrons. The first kappa shape index (κ1) is 15.6. The number of anilines is 1. The van der Waals surface area contributed by atoms with Crippen molar-refractivity contribution in [1.82, 2.24) is 14.8 Å². The highest BCUT2D eigenvalue weighted by molar-refractivity contribution is 9.10. The van der Waals surface area contributed by atoms with Crippen molar-refractivity contribution in [2.24, 2.45) is 0 Å². The minimum absolute atomic E-state index is 0.284. The summed E-state index contributed by atoms with van der Waals surface area (Å²) in [5.74, 6) is 0.224. The first-order valence-corrected chi connectivity index (χ1v) is 6.91. The molecule has 0 bridgehead atoms. The molecule has 0 amide bonds. The molecule has 0 radical (unpaired) electrons. The van der Waals surface area contributed by atoms with Crippen molar-refractivity contribution < 1.29 is 17.9 Å². The van der Waals surface area contributed by atoms with Crippen LogP contribution >= 0.6 is 15.9 Å². The number of hydrogen-bond donors (Lipinski definition) is 1. The molecular formula is C12H12BrF3N4O. The van der Waals surface area contributed by atoms with Crippen LogP contribution in [-0.4, -0.2) is 27.7 Å². The van der Waals surface area contributed by atoms with E-state index in [2.05, 4.69) is 36.1 Å². The van der Waals surface area contributed by atoms with E-state index in [-0.39, 0.29) is 5.75 Å². The predicted molar refractivity (Wildman–Crippen MR) is 74.5 cm³/mol. The average molecular weight is 365 g/mol. The lowest BCUT2D eigenvalue weighted by atomic mass is 10.3. The van der Waals surface area contributed by atoms with Gasteiger partial charge in [0.2, 0.25) is 10.7 Å². The third-order valence-corrected chi connectivity index (χ3v) is 2.77. The van der Waals surface area contributed by atoms with Gasteiger partial charge in [0.1, 0.15) is 5.75 Å². The second-order valence-electron chi connectivity index (χ2n) is 4.08. The van der Waals surface area contributed by atoms with Crippen molar-refractivity contribution in [1.29, 1.82) is 0 Å². The summed E-state index contributed by atoms with van der Waals surface area (Å²) < 4.78 is 42.0. The molecule has 0 fully saturated rings. The molecular weight excluding hydrogens is 353 g/mol. The molecule has 1 N–H and O–H groups in total. The Morgan fingerprint density at radius 1 is 1.29 bits per heavy atom. The maximum absolute atomic E-state index is 12.1. The zero-order valence-corrected chi connectivity index (χ0v) is 12.6. The second kappa shape index (κ2) is 6.33. The molecule has 0 aliphatic heterocycles. The second-order valence-corrected chi connectivity index (χ2v) is 4.79. The van der Waals surface area contributed by atoms with E-state index in [9.17, 15) is 13.2 Å². The number of alkyl halides is 3. The van der Waals surface area contributed by atoms with E-state index in [4.69, 9.17) is 0 Å². The van der Waals surface area contributed by atoms with Crippen LogP contribution in [0.2, 0.25) is 0 Å². The summed E-state index contributed by atoms with van der Waals surface area (Å²) in [4.78, 5) is 4.15. The number of hydrogen-bond acceptors (Lipinski definition) is 4. The topological polar surface area (TPSA) is 52.0 Å². The summed E-state index contributed by atoms with van der Waals surface area (Å²) in [6.45, 7) is 2.71. The quantitative estimate of drug-likeness (QED) is 0.877. The van der Waals surface area contributed by atoms with Crippen molar-refractivity contribution in [2.45, 2.75) is 19.7 Å². The maximum atomic E-state index is 12.1. The van der Waals surface area contributed by atoms with Crippen LogP contribution in [0.1, 0.15) is 13.3 Å². The Bertz CT molecular complexity index is 598. The molecule has 2 rings (SSSR count). The van der Waals surface area contributed by atoms with Gasteiger partial charge in [-0.25, -0.2) is 0 Å². The van der Waals surface area contributed by atoms with E-state index in [0.717, 1.165) is 6.42 Å². The number of nitrogens with zero attached hydrogens (tertiary/aromatic N) is 3. The molecule has 0 aliphatic rings. The lowest BCUT2D eigenvalue weighted by Gasteiger charge is -2.10. The van der Waals surface area contributed by atoms with Gasteiger partial charge in [0, 0.05) is 6.54 Å². The van der Waals surface area contributed by atoms with E-state index < -0.39 is 6.36 Å². The molecule has 2 aromatic rings. The number of benzene rings is 1. The van der Waals surface area contributed by atoms with Crippen LogP contribution in [0.4, 0.5) is 19.1 Å². The molecule has 0 saturated heterocycles. The lowest BCUT2D eigenvalue weighted by Crippen LogP contribution is -2.17. The molecule has 0 aliphatic carbocycles. The van der Waals surface area contributed by atoms with E-state index in [1.807, 2.05) is 6.92 Å². The number of aromatic nitrogens is 3. The summed E-state index contributed by atoms with van der Waals surface area (Å²) in [6, 6.07) is 5.39. The van der Waals surface area contributed by atoms with Crippen LogP contribution in [0.5, 0.6) is 5.75 Å².